The maximum absolute atomic E-state index is 12.3. The minimum Gasteiger partial charge on any atom is -0.443 e. The number of fused-ring (bicyclic) bond motifs is 1. The zero-order valence-electron chi connectivity index (χ0n) is 15.2. The van der Waals surface area contributed by atoms with Gasteiger partial charge in [-0.3, -0.25) is 4.79 Å². The first-order valence-corrected chi connectivity index (χ1v) is 9.42. The summed E-state index contributed by atoms with van der Waals surface area (Å²) in [5.41, 5.74) is 3.30. The van der Waals surface area contributed by atoms with E-state index in [1.165, 1.54) is 6.39 Å². The molecule has 2 heterocycles. The minimum absolute atomic E-state index is 0.321. The third-order valence-electron chi connectivity index (χ3n) is 3.85. The molecule has 0 saturated carbocycles. The largest absolute Gasteiger partial charge is 0.443 e. The van der Waals surface area contributed by atoms with E-state index < -0.39 is 0 Å². The highest BCUT2D eigenvalue weighted by Crippen LogP contribution is 2.31. The van der Waals surface area contributed by atoms with Gasteiger partial charge in [0, 0.05) is 23.4 Å². The van der Waals surface area contributed by atoms with Crippen LogP contribution in [-0.4, -0.2) is 15.9 Å². The van der Waals surface area contributed by atoms with E-state index >= 15 is 0 Å². The number of amides is 1. The van der Waals surface area contributed by atoms with Gasteiger partial charge < -0.3 is 9.73 Å². The zero-order chi connectivity index (χ0) is 20.1. The molecule has 2 aromatic heterocycles. The van der Waals surface area contributed by atoms with Gasteiger partial charge in [-0.1, -0.05) is 49.2 Å². The Balaban J connectivity index is 0.00000109. The predicted molar refractivity (Wildman–Crippen MR) is 113 cm³/mol. The Kier molecular flexibility index (Phi) is 6.29. The molecule has 2 aromatic carbocycles. The Bertz CT molecular complexity index is 1110. The van der Waals surface area contributed by atoms with Crippen LogP contribution in [0.15, 0.2) is 65.5 Å². The fraction of sp³-hybridized carbons (Fsp3) is 0.0952. The van der Waals surface area contributed by atoms with Gasteiger partial charge in [-0.05, 0) is 30.3 Å². The van der Waals surface area contributed by atoms with Gasteiger partial charge in [0.25, 0.3) is 5.91 Å². The molecule has 0 aliphatic rings. The van der Waals surface area contributed by atoms with Crippen LogP contribution in [0.3, 0.4) is 0 Å². The summed E-state index contributed by atoms with van der Waals surface area (Å²) < 4.78 is 5.23. The van der Waals surface area contributed by atoms with E-state index in [9.17, 15) is 4.79 Å². The number of carbonyl (C=O) groups is 1. The Morgan fingerprint density at radius 1 is 1.00 bits per heavy atom. The molecule has 4 rings (SSSR count). The number of anilines is 1. The van der Waals surface area contributed by atoms with Crippen molar-refractivity contribution in [3.63, 3.8) is 0 Å². The van der Waals surface area contributed by atoms with Crippen LogP contribution < -0.4 is 5.32 Å². The second-order valence-electron chi connectivity index (χ2n) is 5.52. The standard InChI is InChI=1S/C19H11Cl2N3O2.C2H6/c20-14-4-2-1-3-12(14)19(25)24-18-6-5-11(9-22-18)13-7-16-17(8-15(13)21)26-10-23-16;1-2/h1-10H,(H,22,24,25);1-2H3. The van der Waals surface area contributed by atoms with Gasteiger partial charge in [-0.2, -0.15) is 0 Å². The van der Waals surface area contributed by atoms with Crippen LogP contribution in [0.4, 0.5) is 5.82 Å². The lowest BCUT2D eigenvalue weighted by Gasteiger charge is -2.08. The summed E-state index contributed by atoms with van der Waals surface area (Å²) in [5.74, 6) is 0.0928. The summed E-state index contributed by atoms with van der Waals surface area (Å²) in [6, 6.07) is 13.9. The van der Waals surface area contributed by atoms with E-state index in [2.05, 4.69) is 15.3 Å². The van der Waals surface area contributed by atoms with E-state index in [1.807, 2.05) is 26.0 Å². The third kappa shape index (κ3) is 4.16. The van der Waals surface area contributed by atoms with Crippen molar-refractivity contribution in [1.29, 1.82) is 0 Å². The lowest BCUT2D eigenvalue weighted by atomic mass is 10.1. The van der Waals surface area contributed by atoms with Crippen LogP contribution in [0.5, 0.6) is 0 Å². The van der Waals surface area contributed by atoms with Crippen LogP contribution in [0.1, 0.15) is 24.2 Å². The first-order valence-electron chi connectivity index (χ1n) is 8.67. The van der Waals surface area contributed by atoms with Crippen molar-refractivity contribution in [2.24, 2.45) is 0 Å². The number of hydrogen-bond donors (Lipinski definition) is 1. The number of hydrogen-bond acceptors (Lipinski definition) is 4. The molecule has 142 valence electrons. The number of halogens is 2. The molecule has 1 amide bonds. The molecule has 0 bridgehead atoms. The van der Waals surface area contributed by atoms with Gasteiger partial charge in [0.15, 0.2) is 12.0 Å². The van der Waals surface area contributed by atoms with Crippen molar-refractivity contribution in [2.75, 3.05) is 5.32 Å². The van der Waals surface area contributed by atoms with Crippen molar-refractivity contribution in [1.82, 2.24) is 9.97 Å². The van der Waals surface area contributed by atoms with E-state index in [1.54, 1.807) is 42.6 Å². The molecule has 0 radical (unpaired) electrons. The van der Waals surface area contributed by atoms with Gasteiger partial charge in [0.05, 0.1) is 15.6 Å². The van der Waals surface area contributed by atoms with Gasteiger partial charge in [0.2, 0.25) is 0 Å². The summed E-state index contributed by atoms with van der Waals surface area (Å²) in [5, 5.41) is 3.64. The van der Waals surface area contributed by atoms with Gasteiger partial charge in [0.1, 0.15) is 11.3 Å². The summed E-state index contributed by atoms with van der Waals surface area (Å²) in [7, 11) is 0. The van der Waals surface area contributed by atoms with Gasteiger partial charge in [-0.15, -0.1) is 0 Å². The van der Waals surface area contributed by atoms with Crippen LogP contribution in [0.25, 0.3) is 22.2 Å². The number of carbonyl (C=O) groups excluding carboxylic acids is 1. The molecule has 28 heavy (non-hydrogen) atoms. The molecule has 7 heteroatoms. The van der Waals surface area contributed by atoms with Gasteiger partial charge in [-0.25, -0.2) is 9.97 Å². The third-order valence-corrected chi connectivity index (χ3v) is 4.50. The van der Waals surface area contributed by atoms with Crippen LogP contribution >= 0.6 is 23.2 Å². The Labute approximate surface area is 172 Å². The zero-order valence-corrected chi connectivity index (χ0v) is 16.8. The van der Waals surface area contributed by atoms with Crippen molar-refractivity contribution in [3.8, 4) is 11.1 Å². The molecule has 4 aromatic rings. The van der Waals surface area contributed by atoms with E-state index in [4.69, 9.17) is 27.6 Å². The maximum Gasteiger partial charge on any atom is 0.258 e. The maximum atomic E-state index is 12.3. The first kappa shape index (κ1) is 19.9. The smallest absolute Gasteiger partial charge is 0.258 e. The minimum atomic E-state index is -0.321. The molecule has 0 spiro atoms. The molecule has 0 fully saturated rings. The summed E-state index contributed by atoms with van der Waals surface area (Å²) in [4.78, 5) is 20.7. The molecule has 0 aliphatic heterocycles. The number of rotatable bonds is 3. The fourth-order valence-electron chi connectivity index (χ4n) is 2.56. The summed E-state index contributed by atoms with van der Waals surface area (Å²) in [6.45, 7) is 4.00. The van der Waals surface area contributed by atoms with Crippen molar-refractivity contribution in [3.05, 3.63) is 76.7 Å². The molecule has 0 saturated heterocycles. The number of nitrogens with zero attached hydrogens (tertiary/aromatic N) is 2. The van der Waals surface area contributed by atoms with Crippen LogP contribution in [-0.2, 0) is 0 Å². The lowest BCUT2D eigenvalue weighted by Crippen LogP contribution is -2.13. The Morgan fingerprint density at radius 2 is 1.79 bits per heavy atom. The lowest BCUT2D eigenvalue weighted by molar-refractivity contribution is 0.102. The molecule has 5 nitrogen and oxygen atoms in total. The average Bonchev–Trinajstić information content (AvgIpc) is 3.17. The normalized spacial score (nSPS) is 10.3. The number of pyridine rings is 1. The number of aromatic nitrogens is 2. The van der Waals surface area contributed by atoms with E-state index in [0.29, 0.717) is 32.5 Å². The first-order chi connectivity index (χ1) is 13.6. The average molecular weight is 414 g/mol. The molecule has 1 N–H and O–H groups in total. The molecule has 0 aliphatic carbocycles. The quantitative estimate of drug-likeness (QED) is 0.417. The second-order valence-corrected chi connectivity index (χ2v) is 6.33. The topological polar surface area (TPSA) is 68.0 Å². The molecule has 0 atom stereocenters. The highest BCUT2D eigenvalue weighted by Gasteiger charge is 2.12. The number of benzene rings is 2. The van der Waals surface area contributed by atoms with Crippen molar-refractivity contribution < 1.29 is 9.21 Å². The fourth-order valence-corrected chi connectivity index (χ4v) is 3.04. The Hall–Kier alpha value is -2.89. The van der Waals surface area contributed by atoms with E-state index in [0.717, 1.165) is 11.1 Å². The van der Waals surface area contributed by atoms with E-state index in [-0.39, 0.29) is 5.91 Å². The van der Waals surface area contributed by atoms with Crippen molar-refractivity contribution in [2.45, 2.75) is 13.8 Å². The SMILES string of the molecule is CC.O=C(Nc1ccc(-c2cc3ncoc3cc2Cl)cn1)c1ccccc1Cl. The monoisotopic (exact) mass is 413 g/mol. The Morgan fingerprint density at radius 3 is 2.50 bits per heavy atom. The predicted octanol–water partition coefficient (Wildman–Crippen LogP) is 6.48. The molecular weight excluding hydrogens is 397 g/mol. The summed E-state index contributed by atoms with van der Waals surface area (Å²) in [6.07, 6.45) is 3.01. The highest BCUT2D eigenvalue weighted by atomic mass is 35.5. The number of oxazole rings is 1. The second kappa shape index (κ2) is 8.87. The molecular formula is C21H17Cl2N3O2. The van der Waals surface area contributed by atoms with Crippen molar-refractivity contribution >= 4 is 46.0 Å². The summed E-state index contributed by atoms with van der Waals surface area (Å²) >= 11 is 12.4. The number of nitrogens with one attached hydrogen (secondary N) is 1. The van der Waals surface area contributed by atoms with Crippen LogP contribution in [0, 0.1) is 0 Å². The highest BCUT2D eigenvalue weighted by molar-refractivity contribution is 6.34. The molecule has 0 unspecified atom stereocenters. The van der Waals surface area contributed by atoms with Gasteiger partial charge >= 0.3 is 0 Å². The van der Waals surface area contributed by atoms with Crippen LogP contribution in [0.2, 0.25) is 10.0 Å².